The number of carbonyl (C=O) groups is 2. The molecular weight excluding hydrogens is 318 g/mol. The number of carboxylic acids is 1. The van der Waals surface area contributed by atoms with Gasteiger partial charge in [-0.3, -0.25) is 4.79 Å². The van der Waals surface area contributed by atoms with Gasteiger partial charge in [0.2, 0.25) is 5.91 Å². The van der Waals surface area contributed by atoms with Crippen LogP contribution in [0.1, 0.15) is 29.9 Å². The smallest absolute Gasteiger partial charge is 0.327 e. The van der Waals surface area contributed by atoms with Gasteiger partial charge in [0.15, 0.2) is 0 Å². The van der Waals surface area contributed by atoms with E-state index in [1.54, 1.807) is 0 Å². The van der Waals surface area contributed by atoms with Crippen LogP contribution < -0.4 is 5.32 Å². The van der Waals surface area contributed by atoms with E-state index in [1.807, 2.05) is 60.7 Å². The predicted octanol–water partition coefficient (Wildman–Crippen LogP) is 2.57. The number of ether oxygens (including phenoxy) is 1. The summed E-state index contributed by atoms with van der Waals surface area (Å²) in [7, 11) is 0. The number of carboxylic acid groups (broad SMARTS) is 1. The van der Waals surface area contributed by atoms with Crippen LogP contribution in [0.3, 0.4) is 0 Å². The number of hydrogen-bond donors (Lipinski definition) is 2. The van der Waals surface area contributed by atoms with E-state index in [0.29, 0.717) is 13.0 Å². The second-order valence-corrected chi connectivity index (χ2v) is 6.13. The van der Waals surface area contributed by atoms with Crippen molar-refractivity contribution < 1.29 is 19.4 Å². The fraction of sp³-hybridized carbons (Fsp3) is 0.300. The van der Waals surface area contributed by atoms with E-state index in [9.17, 15) is 14.7 Å². The summed E-state index contributed by atoms with van der Waals surface area (Å²) in [6.07, 6.45) is 0.880. The topological polar surface area (TPSA) is 75.6 Å². The van der Waals surface area contributed by atoms with E-state index in [4.69, 9.17) is 4.74 Å². The standard InChI is InChI=1S/C20H21NO4/c22-19(16-12-7-13-25-16)21-18(20(23)24)17(14-8-3-1-4-9-14)15-10-5-2-6-11-15/h1-6,8-11,16-18H,7,12-13H2,(H,21,22)(H,23,24)/t16-,18-/m1/s1. The third kappa shape index (κ3) is 4.06. The van der Waals surface area contributed by atoms with E-state index in [-0.39, 0.29) is 5.91 Å². The number of hydrogen-bond acceptors (Lipinski definition) is 3. The minimum Gasteiger partial charge on any atom is -0.480 e. The molecule has 5 heteroatoms. The van der Waals surface area contributed by atoms with Gasteiger partial charge >= 0.3 is 5.97 Å². The van der Waals surface area contributed by atoms with Gasteiger partial charge in [0.25, 0.3) is 0 Å². The Labute approximate surface area is 146 Å². The fourth-order valence-corrected chi connectivity index (χ4v) is 3.22. The Morgan fingerprint density at radius 2 is 1.56 bits per heavy atom. The van der Waals surface area contributed by atoms with Gasteiger partial charge in [-0.05, 0) is 24.0 Å². The Bertz CT molecular complexity index is 671. The second-order valence-electron chi connectivity index (χ2n) is 6.13. The van der Waals surface area contributed by atoms with E-state index in [2.05, 4.69) is 5.32 Å². The second kappa shape index (κ2) is 7.94. The van der Waals surface area contributed by atoms with Crippen LogP contribution in [0.15, 0.2) is 60.7 Å². The zero-order valence-electron chi connectivity index (χ0n) is 13.8. The molecule has 2 atom stereocenters. The van der Waals surface area contributed by atoms with E-state index in [0.717, 1.165) is 17.5 Å². The number of rotatable bonds is 6. The molecule has 130 valence electrons. The molecule has 2 aromatic carbocycles. The normalized spacial score (nSPS) is 18.0. The zero-order chi connectivity index (χ0) is 17.6. The molecule has 0 saturated carbocycles. The molecule has 0 bridgehead atoms. The first kappa shape index (κ1) is 17.2. The van der Waals surface area contributed by atoms with Gasteiger partial charge < -0.3 is 15.2 Å². The summed E-state index contributed by atoms with van der Waals surface area (Å²) >= 11 is 0. The summed E-state index contributed by atoms with van der Waals surface area (Å²) in [5.41, 5.74) is 1.68. The lowest BCUT2D eigenvalue weighted by atomic mass is 9.85. The van der Waals surface area contributed by atoms with Crippen molar-refractivity contribution in [2.75, 3.05) is 6.61 Å². The molecule has 1 aliphatic heterocycles. The van der Waals surface area contributed by atoms with Crippen molar-refractivity contribution in [1.29, 1.82) is 0 Å². The molecule has 1 aliphatic rings. The van der Waals surface area contributed by atoms with E-state index < -0.39 is 24.0 Å². The van der Waals surface area contributed by atoms with Crippen LogP contribution >= 0.6 is 0 Å². The molecule has 0 aliphatic carbocycles. The minimum absolute atomic E-state index is 0.359. The van der Waals surface area contributed by atoms with E-state index in [1.165, 1.54) is 0 Å². The van der Waals surface area contributed by atoms with Crippen molar-refractivity contribution >= 4 is 11.9 Å². The molecule has 1 heterocycles. The monoisotopic (exact) mass is 339 g/mol. The largest absolute Gasteiger partial charge is 0.480 e. The molecule has 25 heavy (non-hydrogen) atoms. The molecule has 3 rings (SSSR count). The zero-order valence-corrected chi connectivity index (χ0v) is 13.8. The Morgan fingerprint density at radius 1 is 1.00 bits per heavy atom. The molecule has 2 aromatic rings. The van der Waals surface area contributed by atoms with Crippen LogP contribution in [0.5, 0.6) is 0 Å². The molecule has 2 N–H and O–H groups in total. The quantitative estimate of drug-likeness (QED) is 0.848. The summed E-state index contributed by atoms with van der Waals surface area (Å²) in [5, 5.41) is 12.5. The van der Waals surface area contributed by atoms with Crippen molar-refractivity contribution in [2.45, 2.75) is 30.9 Å². The third-order valence-electron chi connectivity index (χ3n) is 4.44. The van der Waals surface area contributed by atoms with Gasteiger partial charge in [-0.25, -0.2) is 4.79 Å². The van der Waals surface area contributed by atoms with Gasteiger partial charge in [0.05, 0.1) is 0 Å². The first-order valence-corrected chi connectivity index (χ1v) is 8.41. The number of aliphatic carboxylic acids is 1. The lowest BCUT2D eigenvalue weighted by Crippen LogP contribution is -2.48. The minimum atomic E-state index is -1.07. The maximum Gasteiger partial charge on any atom is 0.327 e. The maximum absolute atomic E-state index is 12.4. The Hall–Kier alpha value is -2.66. The summed E-state index contributed by atoms with van der Waals surface area (Å²) in [6, 6.07) is 17.7. The summed E-state index contributed by atoms with van der Waals surface area (Å²) < 4.78 is 5.38. The average Bonchev–Trinajstić information content (AvgIpc) is 3.17. The number of benzene rings is 2. The fourth-order valence-electron chi connectivity index (χ4n) is 3.22. The van der Waals surface area contributed by atoms with Crippen LogP contribution in [0.4, 0.5) is 0 Å². The number of amides is 1. The van der Waals surface area contributed by atoms with Crippen molar-refractivity contribution in [3.8, 4) is 0 Å². The molecule has 0 aromatic heterocycles. The maximum atomic E-state index is 12.4. The first-order valence-electron chi connectivity index (χ1n) is 8.41. The van der Waals surface area contributed by atoms with Gasteiger partial charge in [-0.2, -0.15) is 0 Å². The molecular formula is C20H21NO4. The van der Waals surface area contributed by atoms with Crippen LogP contribution in [0.2, 0.25) is 0 Å². The first-order chi connectivity index (χ1) is 12.2. The van der Waals surface area contributed by atoms with Crippen molar-refractivity contribution in [3.05, 3.63) is 71.8 Å². The lowest BCUT2D eigenvalue weighted by Gasteiger charge is -2.27. The molecule has 0 radical (unpaired) electrons. The van der Waals surface area contributed by atoms with Crippen molar-refractivity contribution in [2.24, 2.45) is 0 Å². The van der Waals surface area contributed by atoms with Crippen LogP contribution in [-0.4, -0.2) is 35.7 Å². The Morgan fingerprint density at radius 3 is 2.00 bits per heavy atom. The van der Waals surface area contributed by atoms with Gasteiger partial charge in [0.1, 0.15) is 12.1 Å². The summed E-state index contributed by atoms with van der Waals surface area (Å²) in [5.74, 6) is -1.91. The van der Waals surface area contributed by atoms with Gasteiger partial charge in [0, 0.05) is 12.5 Å². The lowest BCUT2D eigenvalue weighted by molar-refractivity contribution is -0.144. The summed E-state index contributed by atoms with van der Waals surface area (Å²) in [4.78, 5) is 24.4. The van der Waals surface area contributed by atoms with Gasteiger partial charge in [-0.15, -0.1) is 0 Å². The molecule has 0 unspecified atom stereocenters. The van der Waals surface area contributed by atoms with Crippen LogP contribution in [-0.2, 0) is 14.3 Å². The predicted molar refractivity (Wildman–Crippen MR) is 93.3 cm³/mol. The van der Waals surface area contributed by atoms with E-state index >= 15 is 0 Å². The third-order valence-corrected chi connectivity index (χ3v) is 4.44. The number of nitrogens with one attached hydrogen (secondary N) is 1. The van der Waals surface area contributed by atoms with Crippen LogP contribution in [0.25, 0.3) is 0 Å². The highest BCUT2D eigenvalue weighted by Gasteiger charge is 2.35. The molecule has 0 spiro atoms. The highest BCUT2D eigenvalue weighted by Crippen LogP contribution is 2.28. The molecule has 1 amide bonds. The van der Waals surface area contributed by atoms with Crippen molar-refractivity contribution in [3.63, 3.8) is 0 Å². The number of carbonyl (C=O) groups excluding carboxylic acids is 1. The Kier molecular flexibility index (Phi) is 5.46. The SMILES string of the molecule is O=C(N[C@@H](C(=O)O)C(c1ccccc1)c1ccccc1)[C@H]1CCCO1. The average molecular weight is 339 g/mol. The molecule has 1 fully saturated rings. The van der Waals surface area contributed by atoms with Gasteiger partial charge in [-0.1, -0.05) is 60.7 Å². The summed E-state index contributed by atoms with van der Waals surface area (Å²) in [6.45, 7) is 0.538. The Balaban J connectivity index is 1.93. The van der Waals surface area contributed by atoms with Crippen molar-refractivity contribution in [1.82, 2.24) is 5.32 Å². The molecule has 1 saturated heterocycles. The molecule has 5 nitrogen and oxygen atoms in total. The van der Waals surface area contributed by atoms with Crippen LogP contribution in [0, 0.1) is 0 Å². The highest BCUT2D eigenvalue weighted by molar-refractivity contribution is 5.87. The highest BCUT2D eigenvalue weighted by atomic mass is 16.5.